The molecule has 192 valence electrons. The summed E-state index contributed by atoms with van der Waals surface area (Å²) in [4.78, 5) is 23.4. The number of hydrogen-bond acceptors (Lipinski definition) is 5. The molecule has 2 unspecified atom stereocenters. The topological polar surface area (TPSA) is 122 Å². The van der Waals surface area contributed by atoms with Crippen LogP contribution in [0.1, 0.15) is 30.8 Å². The highest BCUT2D eigenvalue weighted by Crippen LogP contribution is 2.53. The van der Waals surface area contributed by atoms with Gasteiger partial charge in [-0.05, 0) is 29.2 Å². The highest BCUT2D eigenvalue weighted by molar-refractivity contribution is 7.90. The van der Waals surface area contributed by atoms with Crippen LogP contribution in [0.4, 0.5) is 4.79 Å². The SMILES string of the molecule is CC(C)[C@@H](CS(=O)(=O)NC(c1ccccc1)P(=O)(O)c1ccccc1)NC(=O)OCc1ccccc1. The van der Waals surface area contributed by atoms with Crippen molar-refractivity contribution in [3.8, 4) is 0 Å². The standard InChI is InChI=1S/C26H31N2O6PS/c1-20(2)24(27-26(29)34-18-21-12-6-3-7-13-21)19-36(32,33)28-25(22-14-8-4-9-15-22)35(30,31)23-16-10-5-11-17-23/h3-17,20,24-25,28H,18-19H2,1-2H3,(H,27,29)(H,30,31)/t24-,25?/m1/s1. The number of sulfonamides is 1. The van der Waals surface area contributed by atoms with Gasteiger partial charge >= 0.3 is 6.09 Å². The second kappa shape index (κ2) is 12.3. The lowest BCUT2D eigenvalue weighted by atomic mass is 10.1. The van der Waals surface area contributed by atoms with Crippen LogP contribution in [0.5, 0.6) is 0 Å². The molecule has 3 rings (SSSR count). The Hall–Kier alpha value is -2.97. The minimum absolute atomic E-state index is 0.0450. The van der Waals surface area contributed by atoms with Gasteiger partial charge in [0.15, 0.2) is 0 Å². The molecule has 0 radical (unpaired) electrons. The van der Waals surface area contributed by atoms with Crippen molar-refractivity contribution in [2.45, 2.75) is 32.3 Å². The van der Waals surface area contributed by atoms with Gasteiger partial charge in [-0.25, -0.2) is 13.2 Å². The van der Waals surface area contributed by atoms with Crippen LogP contribution in [0.25, 0.3) is 0 Å². The first kappa shape index (κ1) is 27.6. The van der Waals surface area contributed by atoms with Crippen molar-refractivity contribution in [2.75, 3.05) is 5.75 Å². The molecule has 3 N–H and O–H groups in total. The van der Waals surface area contributed by atoms with E-state index in [2.05, 4.69) is 10.0 Å². The Bertz CT molecular complexity index is 1270. The lowest BCUT2D eigenvalue weighted by Gasteiger charge is -2.27. The van der Waals surface area contributed by atoms with Crippen LogP contribution >= 0.6 is 7.37 Å². The summed E-state index contributed by atoms with van der Waals surface area (Å²) in [6, 6.07) is 24.5. The second-order valence-corrected chi connectivity index (χ2v) is 12.8. The lowest BCUT2D eigenvalue weighted by Crippen LogP contribution is -2.46. The van der Waals surface area contributed by atoms with Crippen molar-refractivity contribution < 1.29 is 27.4 Å². The first-order valence-corrected chi connectivity index (χ1v) is 14.9. The van der Waals surface area contributed by atoms with E-state index in [9.17, 15) is 22.7 Å². The van der Waals surface area contributed by atoms with Crippen LogP contribution in [0.3, 0.4) is 0 Å². The van der Waals surface area contributed by atoms with E-state index in [1.54, 1.807) is 62.4 Å². The van der Waals surface area contributed by atoms with E-state index < -0.39 is 41.1 Å². The highest BCUT2D eigenvalue weighted by atomic mass is 32.2. The maximum Gasteiger partial charge on any atom is 0.407 e. The molecule has 0 aliphatic heterocycles. The number of alkyl carbamates (subject to hydrolysis) is 1. The van der Waals surface area contributed by atoms with Crippen molar-refractivity contribution in [3.63, 3.8) is 0 Å². The molecular formula is C26H31N2O6PS. The molecule has 0 fully saturated rings. The molecule has 3 atom stereocenters. The summed E-state index contributed by atoms with van der Waals surface area (Å²) in [5, 5.41) is 2.74. The summed E-state index contributed by atoms with van der Waals surface area (Å²) >= 11 is 0. The number of carbonyl (C=O) groups is 1. The first-order chi connectivity index (χ1) is 17.1. The zero-order chi connectivity index (χ0) is 26.2. The summed E-state index contributed by atoms with van der Waals surface area (Å²) in [5.41, 5.74) is 1.15. The average molecular weight is 531 g/mol. The molecule has 0 aliphatic rings. The average Bonchev–Trinajstić information content (AvgIpc) is 2.87. The summed E-state index contributed by atoms with van der Waals surface area (Å²) in [7, 11) is -8.34. The van der Waals surface area contributed by atoms with Crippen LogP contribution < -0.4 is 15.3 Å². The van der Waals surface area contributed by atoms with Crippen molar-refractivity contribution in [1.29, 1.82) is 0 Å². The third-order valence-electron chi connectivity index (χ3n) is 5.60. The fraction of sp³-hybridized carbons (Fsp3) is 0.269. The van der Waals surface area contributed by atoms with Gasteiger partial charge in [-0.3, -0.25) is 4.57 Å². The third-order valence-corrected chi connectivity index (χ3v) is 9.34. The van der Waals surface area contributed by atoms with Gasteiger partial charge < -0.3 is 14.9 Å². The third kappa shape index (κ3) is 7.77. The lowest BCUT2D eigenvalue weighted by molar-refractivity contribution is 0.134. The number of carbonyl (C=O) groups excluding carboxylic acids is 1. The molecule has 3 aromatic carbocycles. The molecule has 0 heterocycles. The van der Waals surface area contributed by atoms with Crippen LogP contribution in [0, 0.1) is 5.92 Å². The van der Waals surface area contributed by atoms with Gasteiger partial charge in [-0.15, -0.1) is 0 Å². The Morgan fingerprint density at radius 3 is 2.00 bits per heavy atom. The fourth-order valence-corrected chi connectivity index (χ4v) is 7.58. The van der Waals surface area contributed by atoms with Gasteiger partial charge in [0.25, 0.3) is 7.37 Å². The van der Waals surface area contributed by atoms with Gasteiger partial charge in [0.2, 0.25) is 10.0 Å². The molecule has 3 aromatic rings. The quantitative estimate of drug-likeness (QED) is 0.320. The molecular weight excluding hydrogens is 499 g/mol. The van der Waals surface area contributed by atoms with E-state index in [0.29, 0.717) is 5.56 Å². The molecule has 1 amide bonds. The summed E-state index contributed by atoms with van der Waals surface area (Å²) in [6.07, 6.45) is -0.746. The van der Waals surface area contributed by atoms with E-state index in [-0.39, 0.29) is 17.8 Å². The normalized spacial score (nSPS) is 15.0. The van der Waals surface area contributed by atoms with Crippen LogP contribution in [-0.4, -0.2) is 31.2 Å². The van der Waals surface area contributed by atoms with E-state index in [0.717, 1.165) is 5.56 Å². The second-order valence-electron chi connectivity index (χ2n) is 8.73. The number of benzene rings is 3. The van der Waals surface area contributed by atoms with E-state index in [1.165, 1.54) is 12.1 Å². The predicted octanol–water partition coefficient (Wildman–Crippen LogP) is 4.15. The Labute approximate surface area is 212 Å². The van der Waals surface area contributed by atoms with Gasteiger partial charge in [0.05, 0.1) is 5.75 Å². The van der Waals surface area contributed by atoms with E-state index in [1.807, 2.05) is 30.3 Å². The minimum Gasteiger partial charge on any atom is -0.445 e. The van der Waals surface area contributed by atoms with E-state index in [4.69, 9.17) is 4.74 Å². The van der Waals surface area contributed by atoms with Gasteiger partial charge in [0, 0.05) is 11.3 Å². The largest absolute Gasteiger partial charge is 0.445 e. The summed E-state index contributed by atoms with van der Waals surface area (Å²) < 4.78 is 47.7. The van der Waals surface area contributed by atoms with Crippen molar-refractivity contribution in [2.24, 2.45) is 5.92 Å². The minimum atomic E-state index is -4.22. The Kier molecular flexibility index (Phi) is 9.45. The monoisotopic (exact) mass is 530 g/mol. The number of nitrogens with one attached hydrogen (secondary N) is 2. The summed E-state index contributed by atoms with van der Waals surface area (Å²) in [6.45, 7) is 3.59. The first-order valence-electron chi connectivity index (χ1n) is 11.5. The zero-order valence-electron chi connectivity index (χ0n) is 20.2. The number of ether oxygens (including phenoxy) is 1. The van der Waals surface area contributed by atoms with Crippen LogP contribution in [-0.2, 0) is 25.9 Å². The van der Waals surface area contributed by atoms with Gasteiger partial charge in [-0.1, -0.05) is 92.7 Å². The Balaban J connectivity index is 1.77. The molecule has 0 aliphatic carbocycles. The number of hydrogen-bond donors (Lipinski definition) is 3. The molecule has 0 aromatic heterocycles. The van der Waals surface area contributed by atoms with Crippen LogP contribution in [0.15, 0.2) is 91.0 Å². The summed E-state index contributed by atoms with van der Waals surface area (Å²) in [5.74, 6) is -2.15. The maximum atomic E-state index is 13.6. The van der Waals surface area contributed by atoms with Crippen molar-refractivity contribution in [1.82, 2.24) is 10.0 Å². The van der Waals surface area contributed by atoms with Gasteiger partial charge in [0.1, 0.15) is 12.4 Å². The zero-order valence-corrected chi connectivity index (χ0v) is 21.9. The van der Waals surface area contributed by atoms with Crippen LogP contribution in [0.2, 0.25) is 0 Å². The molecule has 0 saturated carbocycles. The number of amides is 1. The van der Waals surface area contributed by atoms with Crippen molar-refractivity contribution >= 4 is 28.8 Å². The molecule has 0 saturated heterocycles. The maximum absolute atomic E-state index is 13.6. The molecule has 10 heteroatoms. The fourth-order valence-electron chi connectivity index (χ4n) is 3.54. The van der Waals surface area contributed by atoms with E-state index >= 15 is 0 Å². The Morgan fingerprint density at radius 2 is 1.44 bits per heavy atom. The van der Waals surface area contributed by atoms with Gasteiger partial charge in [-0.2, -0.15) is 4.72 Å². The van der Waals surface area contributed by atoms with Crippen molar-refractivity contribution in [3.05, 3.63) is 102 Å². The predicted molar refractivity (Wildman–Crippen MR) is 140 cm³/mol. The Morgan fingerprint density at radius 1 is 0.917 bits per heavy atom. The highest BCUT2D eigenvalue weighted by Gasteiger charge is 2.38. The molecule has 8 nitrogen and oxygen atoms in total. The molecule has 0 bridgehead atoms. The molecule has 0 spiro atoms. The smallest absolute Gasteiger partial charge is 0.407 e. The molecule has 36 heavy (non-hydrogen) atoms. The number of rotatable bonds is 11.